The third-order valence-corrected chi connectivity index (χ3v) is 6.57. The third-order valence-electron chi connectivity index (χ3n) is 5.42. The molecule has 168 valence electrons. The molecule has 1 aliphatic carbocycles. The van der Waals surface area contributed by atoms with E-state index < -0.39 is 11.8 Å². The quantitative estimate of drug-likeness (QED) is 0.469. The van der Waals surface area contributed by atoms with Gasteiger partial charge in [-0.3, -0.25) is 9.59 Å². The van der Waals surface area contributed by atoms with Crippen LogP contribution in [0.4, 0.5) is 0 Å². The maximum absolute atomic E-state index is 13.3. The van der Waals surface area contributed by atoms with Crippen LogP contribution in [0.25, 0.3) is 16.9 Å². The Morgan fingerprint density at radius 2 is 2.03 bits per heavy atom. The van der Waals surface area contributed by atoms with Crippen molar-refractivity contribution in [1.82, 2.24) is 20.1 Å². The Morgan fingerprint density at radius 1 is 1.30 bits per heavy atom. The first-order valence-corrected chi connectivity index (χ1v) is 11.5. The Morgan fingerprint density at radius 3 is 2.64 bits per heavy atom. The van der Waals surface area contributed by atoms with Crippen LogP contribution in [-0.4, -0.2) is 32.6 Å². The maximum Gasteiger partial charge on any atom is 0.268 e. The molecule has 8 nitrogen and oxygen atoms in total. The van der Waals surface area contributed by atoms with Crippen molar-refractivity contribution in [1.29, 1.82) is 5.26 Å². The molecule has 1 unspecified atom stereocenters. The summed E-state index contributed by atoms with van der Waals surface area (Å²) in [5, 5.41) is 17.1. The van der Waals surface area contributed by atoms with E-state index in [4.69, 9.17) is 28.9 Å². The molecule has 33 heavy (non-hydrogen) atoms. The number of halogens is 3. The summed E-state index contributed by atoms with van der Waals surface area (Å²) >= 11 is 16.2. The highest BCUT2D eigenvalue weighted by Gasteiger charge is 2.32. The molecular formula is C22H17BrCl2N6O2. The molecule has 0 spiro atoms. The van der Waals surface area contributed by atoms with Gasteiger partial charge in [-0.1, -0.05) is 23.2 Å². The number of nitrogens with one attached hydrogen (secondary N) is 1. The minimum absolute atomic E-state index is 0.0519. The lowest BCUT2D eigenvalue weighted by molar-refractivity contribution is 0.0934. The number of primary amides is 1. The predicted molar refractivity (Wildman–Crippen MR) is 127 cm³/mol. The topological polar surface area (TPSA) is 127 Å². The van der Waals surface area contributed by atoms with Crippen molar-refractivity contribution in [2.24, 2.45) is 11.7 Å². The molecule has 0 aliphatic heterocycles. The summed E-state index contributed by atoms with van der Waals surface area (Å²) in [4.78, 5) is 30.0. The number of nitriles is 1. The molecule has 0 saturated heterocycles. The normalized spacial score (nSPS) is 13.9. The third kappa shape index (κ3) is 4.47. The molecule has 4 rings (SSSR count). The minimum atomic E-state index is -0.831. The van der Waals surface area contributed by atoms with Crippen molar-refractivity contribution in [2.45, 2.75) is 25.8 Å². The van der Waals surface area contributed by atoms with E-state index in [-0.39, 0.29) is 54.5 Å². The van der Waals surface area contributed by atoms with Crippen LogP contribution in [0, 0.1) is 17.2 Å². The van der Waals surface area contributed by atoms with Crippen LogP contribution in [0.2, 0.25) is 10.0 Å². The minimum Gasteiger partial charge on any atom is -0.364 e. The van der Waals surface area contributed by atoms with Gasteiger partial charge in [-0.2, -0.15) is 10.4 Å². The highest BCUT2D eigenvalue weighted by molar-refractivity contribution is 9.10. The van der Waals surface area contributed by atoms with Gasteiger partial charge in [0.15, 0.2) is 5.82 Å². The monoisotopic (exact) mass is 546 g/mol. The summed E-state index contributed by atoms with van der Waals surface area (Å²) in [5.74, 6) is -0.663. The van der Waals surface area contributed by atoms with Crippen molar-refractivity contribution in [3.8, 4) is 23.0 Å². The van der Waals surface area contributed by atoms with Crippen LogP contribution < -0.4 is 11.1 Å². The largest absolute Gasteiger partial charge is 0.364 e. The van der Waals surface area contributed by atoms with Gasteiger partial charge in [-0.25, -0.2) is 9.67 Å². The maximum atomic E-state index is 13.3. The molecule has 1 saturated carbocycles. The Labute approximate surface area is 207 Å². The fraction of sp³-hybridized carbons (Fsp3) is 0.227. The summed E-state index contributed by atoms with van der Waals surface area (Å²) in [6.45, 7) is 1.93. The summed E-state index contributed by atoms with van der Waals surface area (Å²) in [6.07, 6.45) is 3.58. The van der Waals surface area contributed by atoms with E-state index in [1.807, 2.05) is 13.0 Å². The second-order valence-electron chi connectivity index (χ2n) is 7.69. The van der Waals surface area contributed by atoms with Crippen molar-refractivity contribution in [3.05, 3.63) is 61.9 Å². The Kier molecular flexibility index (Phi) is 6.43. The fourth-order valence-corrected chi connectivity index (χ4v) is 4.69. The summed E-state index contributed by atoms with van der Waals surface area (Å²) in [7, 11) is 0. The number of aromatic nitrogens is 3. The van der Waals surface area contributed by atoms with Gasteiger partial charge in [0.2, 0.25) is 0 Å². The lowest BCUT2D eigenvalue weighted by atomic mass is 9.96. The molecular weight excluding hydrogens is 531 g/mol. The second kappa shape index (κ2) is 9.14. The van der Waals surface area contributed by atoms with E-state index in [2.05, 4.69) is 31.3 Å². The van der Waals surface area contributed by atoms with E-state index in [0.717, 1.165) is 12.8 Å². The number of benzene rings is 1. The van der Waals surface area contributed by atoms with Crippen LogP contribution in [0.3, 0.4) is 0 Å². The van der Waals surface area contributed by atoms with Crippen LogP contribution in [0.1, 0.15) is 46.2 Å². The van der Waals surface area contributed by atoms with E-state index in [1.54, 1.807) is 12.1 Å². The van der Waals surface area contributed by atoms with Crippen LogP contribution in [-0.2, 0) is 0 Å². The Hall–Kier alpha value is -2.93. The first kappa shape index (κ1) is 23.2. The van der Waals surface area contributed by atoms with Crippen LogP contribution in [0.15, 0.2) is 35.1 Å². The number of amides is 2. The molecule has 2 heterocycles. The number of carbonyl (C=O) groups is 2. The standard InChI is InChI=1S/C22H17BrCl2N6O2/c1-10(12-4-5-12)29-22(33)13-7-11(9-26)8-15(25)16(13)17-18(20(27)32)31(30-19(17)23)21-14(24)3-2-6-28-21/h2-3,6-8,10,12H,4-5H2,1H3,(H2,27,32)(H,29,33). The summed E-state index contributed by atoms with van der Waals surface area (Å²) < 4.78 is 1.40. The number of hydrogen-bond acceptors (Lipinski definition) is 5. The SMILES string of the molecule is CC(NC(=O)c1cc(C#N)cc(Cl)c1-c1c(Br)nn(-c2ncccc2Cl)c1C(N)=O)C1CC1. The van der Waals surface area contributed by atoms with Gasteiger partial charge >= 0.3 is 0 Å². The highest BCUT2D eigenvalue weighted by atomic mass is 79.9. The zero-order chi connectivity index (χ0) is 23.9. The molecule has 3 aromatic rings. The number of pyridine rings is 1. The second-order valence-corrected chi connectivity index (χ2v) is 9.26. The molecule has 11 heteroatoms. The lowest BCUT2D eigenvalue weighted by Gasteiger charge is -2.17. The molecule has 3 N–H and O–H groups in total. The summed E-state index contributed by atoms with van der Waals surface area (Å²) in [6, 6.07) is 8.03. The summed E-state index contributed by atoms with van der Waals surface area (Å²) in [5.41, 5.74) is 6.40. The van der Waals surface area contributed by atoms with Gasteiger partial charge in [0.1, 0.15) is 10.3 Å². The molecule has 1 fully saturated rings. The van der Waals surface area contributed by atoms with Gasteiger partial charge in [0.25, 0.3) is 11.8 Å². The van der Waals surface area contributed by atoms with E-state index in [1.165, 1.54) is 23.0 Å². The molecule has 1 atom stereocenters. The smallest absolute Gasteiger partial charge is 0.268 e. The van der Waals surface area contributed by atoms with Gasteiger partial charge in [-0.15, -0.1) is 0 Å². The average Bonchev–Trinajstić information content (AvgIpc) is 3.57. The van der Waals surface area contributed by atoms with Gasteiger partial charge in [-0.05, 0) is 65.9 Å². The van der Waals surface area contributed by atoms with Crippen LogP contribution in [0.5, 0.6) is 0 Å². The number of nitrogens with zero attached hydrogens (tertiary/aromatic N) is 4. The van der Waals surface area contributed by atoms with Gasteiger partial charge in [0.05, 0.1) is 32.8 Å². The molecule has 0 radical (unpaired) electrons. The number of hydrogen-bond donors (Lipinski definition) is 2. The Balaban J connectivity index is 1.95. The van der Waals surface area contributed by atoms with Crippen molar-refractivity contribution < 1.29 is 9.59 Å². The highest BCUT2D eigenvalue weighted by Crippen LogP contribution is 2.41. The number of rotatable bonds is 6. The van der Waals surface area contributed by atoms with Gasteiger partial charge < -0.3 is 11.1 Å². The molecule has 0 bridgehead atoms. The van der Waals surface area contributed by atoms with Gasteiger partial charge in [0, 0.05) is 17.8 Å². The van der Waals surface area contributed by atoms with Crippen molar-refractivity contribution in [3.63, 3.8) is 0 Å². The fourth-order valence-electron chi connectivity index (χ4n) is 3.63. The number of nitrogens with two attached hydrogens (primary N) is 1. The predicted octanol–water partition coefficient (Wildman–Crippen LogP) is 4.50. The van der Waals surface area contributed by atoms with E-state index >= 15 is 0 Å². The molecule has 1 aromatic carbocycles. The van der Waals surface area contributed by atoms with Crippen LogP contribution >= 0.6 is 39.1 Å². The zero-order valence-electron chi connectivity index (χ0n) is 17.3. The molecule has 2 amide bonds. The average molecular weight is 548 g/mol. The molecule has 2 aromatic heterocycles. The van der Waals surface area contributed by atoms with Crippen molar-refractivity contribution in [2.75, 3.05) is 0 Å². The number of carbonyl (C=O) groups excluding carboxylic acids is 2. The zero-order valence-corrected chi connectivity index (χ0v) is 20.4. The Bertz CT molecular complexity index is 1330. The lowest BCUT2D eigenvalue weighted by Crippen LogP contribution is -2.34. The van der Waals surface area contributed by atoms with E-state index in [0.29, 0.717) is 5.92 Å². The molecule has 1 aliphatic rings. The first-order chi connectivity index (χ1) is 15.7. The van der Waals surface area contributed by atoms with E-state index in [9.17, 15) is 14.9 Å². The first-order valence-electron chi connectivity index (χ1n) is 9.97. The van der Waals surface area contributed by atoms with Crippen molar-refractivity contribution >= 4 is 50.9 Å².